The first-order valence-corrected chi connectivity index (χ1v) is 8.52. The Hall–Kier alpha value is -4.14. The fourth-order valence-electron chi connectivity index (χ4n) is 2.65. The van der Waals surface area contributed by atoms with Crippen molar-refractivity contribution in [2.75, 3.05) is 24.9 Å². The van der Waals surface area contributed by atoms with Crippen molar-refractivity contribution >= 4 is 28.8 Å². The molecule has 0 fully saturated rings. The van der Waals surface area contributed by atoms with Gasteiger partial charge in [-0.2, -0.15) is 0 Å². The number of carbonyl (C=O) groups excluding carboxylic acids is 1. The second kappa shape index (κ2) is 8.70. The summed E-state index contributed by atoms with van der Waals surface area (Å²) in [6.45, 7) is 0. The SMILES string of the molecule is COc1cc(Nc2ncccc2[N+](=O)[O-])c(OC)cc1NC(=O)c1ccccc1. The van der Waals surface area contributed by atoms with Crippen LogP contribution in [0.15, 0.2) is 60.8 Å². The van der Waals surface area contributed by atoms with Crippen LogP contribution in [-0.4, -0.2) is 30.0 Å². The average molecular weight is 394 g/mol. The molecule has 0 saturated heterocycles. The average Bonchev–Trinajstić information content (AvgIpc) is 2.75. The highest BCUT2D eigenvalue weighted by Crippen LogP contribution is 2.39. The topological polar surface area (TPSA) is 116 Å². The van der Waals surface area contributed by atoms with E-state index in [1.54, 1.807) is 36.4 Å². The van der Waals surface area contributed by atoms with Crippen LogP contribution in [-0.2, 0) is 0 Å². The molecule has 1 heterocycles. The maximum absolute atomic E-state index is 12.5. The van der Waals surface area contributed by atoms with Gasteiger partial charge in [0, 0.05) is 30.0 Å². The minimum atomic E-state index is -0.534. The molecule has 0 atom stereocenters. The first-order chi connectivity index (χ1) is 14.0. The first-order valence-electron chi connectivity index (χ1n) is 8.52. The molecule has 0 bridgehead atoms. The first kappa shape index (κ1) is 19.6. The van der Waals surface area contributed by atoms with Crippen molar-refractivity contribution in [2.45, 2.75) is 0 Å². The molecule has 0 aliphatic heterocycles. The standard InChI is InChI=1S/C20H18N4O5/c1-28-17-12-15(23-20(25)13-7-4-3-5-8-13)18(29-2)11-14(17)22-19-16(24(26)27)9-6-10-21-19/h3-12H,1-2H3,(H,21,22)(H,23,25). The van der Waals surface area contributed by atoms with Gasteiger partial charge in [-0.25, -0.2) is 4.98 Å². The van der Waals surface area contributed by atoms with Gasteiger partial charge in [-0.3, -0.25) is 14.9 Å². The van der Waals surface area contributed by atoms with Crippen LogP contribution in [0, 0.1) is 10.1 Å². The maximum Gasteiger partial charge on any atom is 0.311 e. The summed E-state index contributed by atoms with van der Waals surface area (Å²) < 4.78 is 10.8. The Kier molecular flexibility index (Phi) is 5.88. The van der Waals surface area contributed by atoms with Gasteiger partial charge in [-0.15, -0.1) is 0 Å². The van der Waals surface area contributed by atoms with Crippen LogP contribution in [0.4, 0.5) is 22.9 Å². The number of rotatable bonds is 7. The van der Waals surface area contributed by atoms with Gasteiger partial charge in [0.2, 0.25) is 5.82 Å². The van der Waals surface area contributed by atoms with Gasteiger partial charge in [-0.1, -0.05) is 18.2 Å². The molecule has 3 rings (SSSR count). The summed E-state index contributed by atoms with van der Waals surface area (Å²) in [5, 5.41) is 16.9. The van der Waals surface area contributed by atoms with E-state index in [0.717, 1.165) is 0 Å². The Morgan fingerprint density at radius 3 is 2.31 bits per heavy atom. The van der Waals surface area contributed by atoms with E-state index in [1.165, 1.54) is 32.5 Å². The van der Waals surface area contributed by atoms with Crippen LogP contribution >= 0.6 is 0 Å². The van der Waals surface area contributed by atoms with Gasteiger partial charge < -0.3 is 20.1 Å². The fraction of sp³-hybridized carbons (Fsp3) is 0.100. The minimum Gasteiger partial charge on any atom is -0.494 e. The molecule has 3 aromatic rings. The number of ether oxygens (including phenoxy) is 2. The predicted octanol–water partition coefficient (Wildman–Crippen LogP) is 4.00. The summed E-state index contributed by atoms with van der Waals surface area (Å²) in [5.41, 5.74) is 1.08. The third-order valence-corrected chi connectivity index (χ3v) is 4.04. The van der Waals surface area contributed by atoms with E-state index >= 15 is 0 Å². The molecule has 1 amide bonds. The van der Waals surface area contributed by atoms with Crippen molar-refractivity contribution < 1.29 is 19.2 Å². The van der Waals surface area contributed by atoms with Crippen molar-refractivity contribution in [3.63, 3.8) is 0 Å². The molecule has 0 unspecified atom stereocenters. The molecule has 0 radical (unpaired) electrons. The van der Waals surface area contributed by atoms with E-state index in [0.29, 0.717) is 28.4 Å². The lowest BCUT2D eigenvalue weighted by Gasteiger charge is -2.16. The third-order valence-electron chi connectivity index (χ3n) is 4.04. The highest BCUT2D eigenvalue weighted by molar-refractivity contribution is 6.05. The quantitative estimate of drug-likeness (QED) is 0.459. The summed E-state index contributed by atoms with van der Waals surface area (Å²) in [4.78, 5) is 27.2. The van der Waals surface area contributed by atoms with Gasteiger partial charge in [0.05, 0.1) is 30.5 Å². The van der Waals surface area contributed by atoms with Crippen LogP contribution in [0.3, 0.4) is 0 Å². The number of carbonyl (C=O) groups is 1. The lowest BCUT2D eigenvalue weighted by molar-refractivity contribution is -0.384. The number of hydrogen-bond donors (Lipinski definition) is 2. The van der Waals surface area contributed by atoms with Crippen molar-refractivity contribution in [1.29, 1.82) is 0 Å². The summed E-state index contributed by atoms with van der Waals surface area (Å²) in [7, 11) is 2.90. The zero-order chi connectivity index (χ0) is 20.8. The van der Waals surface area contributed by atoms with Gasteiger partial charge in [0.15, 0.2) is 0 Å². The number of amides is 1. The number of anilines is 3. The lowest BCUT2D eigenvalue weighted by atomic mass is 10.2. The molecular formula is C20H18N4O5. The van der Waals surface area contributed by atoms with Crippen LogP contribution in [0.25, 0.3) is 0 Å². The van der Waals surface area contributed by atoms with Crippen molar-refractivity contribution in [3.8, 4) is 11.5 Å². The Labute approximate surface area is 166 Å². The molecule has 9 heteroatoms. The third kappa shape index (κ3) is 4.41. The number of pyridine rings is 1. The molecular weight excluding hydrogens is 376 g/mol. The summed E-state index contributed by atoms with van der Waals surface area (Å²) >= 11 is 0. The molecule has 2 aromatic carbocycles. The Balaban J connectivity index is 1.95. The molecule has 0 saturated carbocycles. The second-order valence-electron chi connectivity index (χ2n) is 5.83. The highest BCUT2D eigenvalue weighted by Gasteiger charge is 2.19. The van der Waals surface area contributed by atoms with Gasteiger partial charge in [0.1, 0.15) is 11.5 Å². The van der Waals surface area contributed by atoms with E-state index in [1.807, 2.05) is 6.07 Å². The number of nitrogens with one attached hydrogen (secondary N) is 2. The van der Waals surface area contributed by atoms with Crippen LogP contribution in [0.5, 0.6) is 11.5 Å². The number of nitro groups is 1. The molecule has 2 N–H and O–H groups in total. The predicted molar refractivity (Wildman–Crippen MR) is 108 cm³/mol. The smallest absolute Gasteiger partial charge is 0.311 e. The van der Waals surface area contributed by atoms with E-state index in [4.69, 9.17) is 9.47 Å². The number of methoxy groups -OCH3 is 2. The molecule has 9 nitrogen and oxygen atoms in total. The minimum absolute atomic E-state index is 0.0546. The number of benzene rings is 2. The van der Waals surface area contributed by atoms with Crippen molar-refractivity contribution in [1.82, 2.24) is 4.98 Å². The monoisotopic (exact) mass is 394 g/mol. The maximum atomic E-state index is 12.5. The zero-order valence-corrected chi connectivity index (χ0v) is 15.7. The van der Waals surface area contributed by atoms with Gasteiger partial charge in [-0.05, 0) is 18.2 Å². The van der Waals surface area contributed by atoms with Crippen molar-refractivity contribution in [2.24, 2.45) is 0 Å². The molecule has 0 aliphatic rings. The van der Waals surface area contributed by atoms with E-state index in [-0.39, 0.29) is 17.4 Å². The molecule has 0 spiro atoms. The molecule has 1 aromatic heterocycles. The summed E-state index contributed by atoms with van der Waals surface area (Å²) in [6.07, 6.45) is 1.44. The van der Waals surface area contributed by atoms with Crippen LogP contribution < -0.4 is 20.1 Å². The number of hydrogen-bond acceptors (Lipinski definition) is 7. The fourth-order valence-corrected chi connectivity index (χ4v) is 2.65. The van der Waals surface area contributed by atoms with Crippen LogP contribution in [0.1, 0.15) is 10.4 Å². The van der Waals surface area contributed by atoms with E-state index in [9.17, 15) is 14.9 Å². The largest absolute Gasteiger partial charge is 0.494 e. The van der Waals surface area contributed by atoms with Crippen LogP contribution in [0.2, 0.25) is 0 Å². The number of aromatic nitrogens is 1. The molecule has 148 valence electrons. The number of nitrogens with zero attached hydrogens (tertiary/aromatic N) is 2. The Bertz CT molecular complexity index is 1040. The Morgan fingerprint density at radius 2 is 1.66 bits per heavy atom. The van der Waals surface area contributed by atoms with Gasteiger partial charge >= 0.3 is 5.69 Å². The summed E-state index contributed by atoms with van der Waals surface area (Å²) in [5.74, 6) is 0.427. The molecule has 29 heavy (non-hydrogen) atoms. The highest BCUT2D eigenvalue weighted by atomic mass is 16.6. The van der Waals surface area contributed by atoms with E-state index < -0.39 is 4.92 Å². The second-order valence-corrected chi connectivity index (χ2v) is 5.83. The normalized spacial score (nSPS) is 10.1. The van der Waals surface area contributed by atoms with Gasteiger partial charge in [0.25, 0.3) is 5.91 Å². The molecule has 0 aliphatic carbocycles. The lowest BCUT2D eigenvalue weighted by Crippen LogP contribution is -2.13. The van der Waals surface area contributed by atoms with Crippen molar-refractivity contribution in [3.05, 3.63) is 76.5 Å². The Morgan fingerprint density at radius 1 is 1.00 bits per heavy atom. The van der Waals surface area contributed by atoms with E-state index in [2.05, 4.69) is 15.6 Å². The summed E-state index contributed by atoms with van der Waals surface area (Å²) in [6, 6.07) is 14.7. The zero-order valence-electron chi connectivity index (χ0n) is 15.7.